The Morgan fingerprint density at radius 1 is 1.26 bits per heavy atom. The maximum atomic E-state index is 6.35. The van der Waals surface area contributed by atoms with Gasteiger partial charge in [0, 0.05) is 6.54 Å². The van der Waals surface area contributed by atoms with Gasteiger partial charge in [-0.25, -0.2) is 4.98 Å². The van der Waals surface area contributed by atoms with Gasteiger partial charge in [-0.3, -0.25) is 0 Å². The molecule has 100 valence electrons. The Hall–Kier alpha value is -1.61. The van der Waals surface area contributed by atoms with Crippen LogP contribution in [0.1, 0.15) is 43.0 Å². The van der Waals surface area contributed by atoms with Crippen molar-refractivity contribution >= 4 is 0 Å². The molecule has 1 aromatic heterocycles. The van der Waals surface area contributed by atoms with Crippen molar-refractivity contribution in [3.05, 3.63) is 54.1 Å². The number of rotatable bonds is 5. The number of hydrogen-bond acceptors (Lipinski definition) is 2. The van der Waals surface area contributed by atoms with Crippen LogP contribution in [0.4, 0.5) is 0 Å². The van der Waals surface area contributed by atoms with Crippen LogP contribution in [0.5, 0.6) is 0 Å². The van der Waals surface area contributed by atoms with Crippen molar-refractivity contribution in [1.82, 2.24) is 9.55 Å². The van der Waals surface area contributed by atoms with Gasteiger partial charge in [-0.1, -0.05) is 49.6 Å². The van der Waals surface area contributed by atoms with E-state index in [1.807, 2.05) is 30.7 Å². The fraction of sp³-hybridized carbons (Fsp3) is 0.438. The van der Waals surface area contributed by atoms with Crippen molar-refractivity contribution in [2.45, 2.75) is 38.3 Å². The molecular formula is C16H21N3. The lowest BCUT2D eigenvalue weighted by Crippen LogP contribution is -2.19. The van der Waals surface area contributed by atoms with Gasteiger partial charge in [-0.2, -0.15) is 0 Å². The molecule has 3 rings (SSSR count). The zero-order chi connectivity index (χ0) is 13.1. The first-order valence-electron chi connectivity index (χ1n) is 7.15. The highest BCUT2D eigenvalue weighted by molar-refractivity contribution is 5.26. The number of nitrogens with zero attached hydrogens (tertiary/aromatic N) is 2. The van der Waals surface area contributed by atoms with Crippen LogP contribution in [-0.2, 0) is 6.54 Å². The third-order valence-corrected chi connectivity index (χ3v) is 4.22. The second-order valence-corrected chi connectivity index (χ2v) is 5.49. The summed E-state index contributed by atoms with van der Waals surface area (Å²) in [5.74, 6) is 0.920. The van der Waals surface area contributed by atoms with Gasteiger partial charge in [0.2, 0.25) is 0 Å². The summed E-state index contributed by atoms with van der Waals surface area (Å²) in [5, 5.41) is 0. The van der Waals surface area contributed by atoms with Crippen molar-refractivity contribution in [1.29, 1.82) is 0 Å². The molecule has 0 saturated heterocycles. The minimum Gasteiger partial charge on any atom is -0.333 e. The summed E-state index contributed by atoms with van der Waals surface area (Å²) in [7, 11) is 0. The largest absolute Gasteiger partial charge is 0.333 e. The third kappa shape index (κ3) is 2.71. The Balaban J connectivity index is 1.71. The standard InChI is InChI=1S/C16H21N3/c17-16(14-7-2-1-3-8-14)15-11-18-12-19(15)10-9-13-5-4-6-13/h1-3,7-8,11-13,16H,4-6,9-10,17H2. The smallest absolute Gasteiger partial charge is 0.0948 e. The second kappa shape index (κ2) is 5.57. The predicted octanol–water partition coefficient (Wildman–Crippen LogP) is 3.12. The van der Waals surface area contributed by atoms with E-state index in [-0.39, 0.29) is 6.04 Å². The fourth-order valence-corrected chi connectivity index (χ4v) is 2.71. The lowest BCUT2D eigenvalue weighted by Gasteiger charge is -2.26. The quantitative estimate of drug-likeness (QED) is 0.892. The highest BCUT2D eigenvalue weighted by atomic mass is 15.1. The summed E-state index contributed by atoms with van der Waals surface area (Å²) >= 11 is 0. The number of nitrogens with two attached hydrogens (primary N) is 1. The van der Waals surface area contributed by atoms with Crippen LogP contribution in [0.15, 0.2) is 42.9 Å². The molecule has 1 unspecified atom stereocenters. The van der Waals surface area contributed by atoms with Crippen LogP contribution in [0, 0.1) is 5.92 Å². The summed E-state index contributed by atoms with van der Waals surface area (Å²) in [6.07, 6.45) is 9.27. The second-order valence-electron chi connectivity index (χ2n) is 5.49. The van der Waals surface area contributed by atoms with Gasteiger partial charge in [-0.05, 0) is 17.9 Å². The maximum Gasteiger partial charge on any atom is 0.0948 e. The fourth-order valence-electron chi connectivity index (χ4n) is 2.71. The molecular weight excluding hydrogens is 234 g/mol. The molecule has 1 aliphatic carbocycles. The van der Waals surface area contributed by atoms with Gasteiger partial charge in [-0.15, -0.1) is 0 Å². The molecule has 0 aliphatic heterocycles. The molecule has 1 aromatic carbocycles. The van der Waals surface area contributed by atoms with Crippen molar-refractivity contribution in [3.63, 3.8) is 0 Å². The number of imidazole rings is 1. The van der Waals surface area contributed by atoms with E-state index in [0.29, 0.717) is 0 Å². The topological polar surface area (TPSA) is 43.8 Å². The molecule has 1 atom stereocenters. The van der Waals surface area contributed by atoms with Gasteiger partial charge in [0.25, 0.3) is 0 Å². The number of hydrogen-bond donors (Lipinski definition) is 1. The molecule has 0 spiro atoms. The zero-order valence-electron chi connectivity index (χ0n) is 11.2. The van der Waals surface area contributed by atoms with Crippen molar-refractivity contribution < 1.29 is 0 Å². The maximum absolute atomic E-state index is 6.35. The Morgan fingerprint density at radius 2 is 2.05 bits per heavy atom. The van der Waals surface area contributed by atoms with Crippen LogP contribution >= 0.6 is 0 Å². The molecule has 3 nitrogen and oxygen atoms in total. The van der Waals surface area contributed by atoms with Crippen LogP contribution in [0.25, 0.3) is 0 Å². The van der Waals surface area contributed by atoms with Crippen molar-refractivity contribution in [3.8, 4) is 0 Å². The zero-order valence-corrected chi connectivity index (χ0v) is 11.2. The lowest BCUT2D eigenvalue weighted by molar-refractivity contribution is 0.281. The van der Waals surface area contributed by atoms with Gasteiger partial charge in [0.1, 0.15) is 0 Å². The van der Waals surface area contributed by atoms with Crippen LogP contribution in [0.2, 0.25) is 0 Å². The molecule has 1 heterocycles. The van der Waals surface area contributed by atoms with Crippen molar-refractivity contribution in [2.75, 3.05) is 0 Å². The van der Waals surface area contributed by atoms with E-state index in [9.17, 15) is 0 Å². The van der Waals surface area contributed by atoms with Gasteiger partial charge in [0.15, 0.2) is 0 Å². The third-order valence-electron chi connectivity index (χ3n) is 4.22. The summed E-state index contributed by atoms with van der Waals surface area (Å²) in [6.45, 7) is 1.04. The average Bonchev–Trinajstić information content (AvgIpc) is 2.85. The van der Waals surface area contributed by atoms with E-state index in [2.05, 4.69) is 21.7 Å². The van der Waals surface area contributed by atoms with Crippen LogP contribution < -0.4 is 5.73 Å². The Labute approximate surface area is 114 Å². The SMILES string of the molecule is NC(c1ccccc1)c1cncn1CCC1CCC1. The van der Waals surface area contributed by atoms with E-state index in [1.54, 1.807) is 0 Å². The van der Waals surface area contributed by atoms with E-state index in [1.165, 1.54) is 25.7 Å². The Bertz CT molecular complexity index is 514. The minimum absolute atomic E-state index is 0.0786. The number of aromatic nitrogens is 2. The Morgan fingerprint density at radius 3 is 2.74 bits per heavy atom. The summed E-state index contributed by atoms with van der Waals surface area (Å²) in [6, 6.07) is 10.2. The summed E-state index contributed by atoms with van der Waals surface area (Å²) in [4.78, 5) is 4.27. The van der Waals surface area contributed by atoms with Crippen LogP contribution in [-0.4, -0.2) is 9.55 Å². The number of benzene rings is 1. The molecule has 19 heavy (non-hydrogen) atoms. The highest BCUT2D eigenvalue weighted by Gasteiger charge is 2.18. The Kier molecular flexibility index (Phi) is 3.65. The summed E-state index contributed by atoms with van der Waals surface area (Å²) < 4.78 is 2.22. The molecule has 2 N–H and O–H groups in total. The molecule has 0 radical (unpaired) electrons. The first-order chi connectivity index (χ1) is 9.34. The van der Waals surface area contributed by atoms with E-state index in [0.717, 1.165) is 23.7 Å². The monoisotopic (exact) mass is 255 g/mol. The van der Waals surface area contributed by atoms with E-state index in [4.69, 9.17) is 5.73 Å². The van der Waals surface area contributed by atoms with Gasteiger partial charge in [0.05, 0.1) is 24.3 Å². The van der Waals surface area contributed by atoms with E-state index >= 15 is 0 Å². The van der Waals surface area contributed by atoms with Crippen LogP contribution in [0.3, 0.4) is 0 Å². The molecule has 1 fully saturated rings. The molecule has 3 heteroatoms. The molecule has 0 bridgehead atoms. The van der Waals surface area contributed by atoms with Gasteiger partial charge >= 0.3 is 0 Å². The van der Waals surface area contributed by atoms with Gasteiger partial charge < -0.3 is 10.3 Å². The van der Waals surface area contributed by atoms with E-state index < -0.39 is 0 Å². The minimum atomic E-state index is -0.0786. The van der Waals surface area contributed by atoms with Crippen molar-refractivity contribution in [2.24, 2.45) is 11.7 Å². The highest BCUT2D eigenvalue weighted by Crippen LogP contribution is 2.30. The summed E-state index contributed by atoms with van der Waals surface area (Å²) in [5.41, 5.74) is 8.62. The normalized spacial score (nSPS) is 17.1. The molecule has 2 aromatic rings. The first-order valence-corrected chi connectivity index (χ1v) is 7.15. The molecule has 1 saturated carbocycles. The predicted molar refractivity (Wildman–Crippen MR) is 76.7 cm³/mol. The lowest BCUT2D eigenvalue weighted by atomic mass is 9.83. The number of aryl methyl sites for hydroxylation is 1. The average molecular weight is 255 g/mol. The molecule has 0 amide bonds. The first kappa shape index (κ1) is 12.4. The molecule has 1 aliphatic rings.